The van der Waals surface area contributed by atoms with Gasteiger partial charge in [-0.15, -0.1) is 0 Å². The van der Waals surface area contributed by atoms with Crippen molar-refractivity contribution in [1.29, 1.82) is 0 Å². The first-order chi connectivity index (χ1) is 9.76. The summed E-state index contributed by atoms with van der Waals surface area (Å²) in [6.07, 6.45) is 4.10. The Labute approximate surface area is 122 Å². The quantitative estimate of drug-likeness (QED) is 0.888. The van der Waals surface area contributed by atoms with Gasteiger partial charge in [-0.1, -0.05) is 23.7 Å². The number of benzene rings is 1. The molecule has 1 aliphatic rings. The van der Waals surface area contributed by atoms with Crippen LogP contribution in [0, 0.1) is 0 Å². The molecule has 2 aromatic rings. The van der Waals surface area contributed by atoms with Crippen LogP contribution in [-0.4, -0.2) is 21.7 Å². The standard InChI is InChI=1S/C15H16ClN3O/c16-12-5-3-10(4-6-12)13(9-20)18-14-7-8-17-15(19-14)11-1-2-11/h3-8,11,13,20H,1-2,9H2,(H,17,18,19). The highest BCUT2D eigenvalue weighted by molar-refractivity contribution is 6.30. The van der Waals surface area contributed by atoms with Gasteiger partial charge in [-0.05, 0) is 36.6 Å². The molecule has 1 atom stereocenters. The molecule has 20 heavy (non-hydrogen) atoms. The van der Waals surface area contributed by atoms with E-state index >= 15 is 0 Å². The molecule has 0 amide bonds. The van der Waals surface area contributed by atoms with Crippen LogP contribution in [0.3, 0.4) is 0 Å². The Morgan fingerprint density at radius 2 is 2.00 bits per heavy atom. The number of anilines is 1. The van der Waals surface area contributed by atoms with Gasteiger partial charge in [0, 0.05) is 17.1 Å². The van der Waals surface area contributed by atoms with Crippen molar-refractivity contribution in [1.82, 2.24) is 9.97 Å². The Kier molecular flexibility index (Phi) is 3.85. The van der Waals surface area contributed by atoms with Crippen molar-refractivity contribution in [2.75, 3.05) is 11.9 Å². The van der Waals surface area contributed by atoms with Gasteiger partial charge in [0.05, 0.1) is 12.6 Å². The van der Waals surface area contributed by atoms with E-state index in [9.17, 15) is 5.11 Å². The number of aliphatic hydroxyl groups is 1. The fraction of sp³-hybridized carbons (Fsp3) is 0.333. The molecular formula is C15H16ClN3O. The van der Waals surface area contributed by atoms with E-state index in [-0.39, 0.29) is 12.6 Å². The Hall–Kier alpha value is -1.65. The summed E-state index contributed by atoms with van der Waals surface area (Å²) in [6, 6.07) is 9.06. The summed E-state index contributed by atoms with van der Waals surface area (Å²) in [6.45, 7) is -0.00953. The minimum atomic E-state index is -0.200. The molecule has 3 rings (SSSR count). The number of aliphatic hydroxyl groups excluding tert-OH is 1. The third kappa shape index (κ3) is 3.08. The largest absolute Gasteiger partial charge is 0.394 e. The smallest absolute Gasteiger partial charge is 0.133 e. The highest BCUT2D eigenvalue weighted by Crippen LogP contribution is 2.38. The van der Waals surface area contributed by atoms with E-state index < -0.39 is 0 Å². The lowest BCUT2D eigenvalue weighted by atomic mass is 10.1. The van der Waals surface area contributed by atoms with E-state index in [1.807, 2.05) is 30.3 Å². The van der Waals surface area contributed by atoms with Crippen molar-refractivity contribution in [3.05, 3.63) is 52.9 Å². The fourth-order valence-corrected chi connectivity index (χ4v) is 2.23. The van der Waals surface area contributed by atoms with Crippen LogP contribution in [0.25, 0.3) is 0 Å². The molecule has 104 valence electrons. The number of aromatic nitrogens is 2. The van der Waals surface area contributed by atoms with E-state index in [4.69, 9.17) is 11.6 Å². The fourth-order valence-electron chi connectivity index (χ4n) is 2.10. The summed E-state index contributed by atoms with van der Waals surface area (Å²) in [4.78, 5) is 8.79. The lowest BCUT2D eigenvalue weighted by Gasteiger charge is -2.17. The molecule has 5 heteroatoms. The zero-order chi connectivity index (χ0) is 13.9. The maximum absolute atomic E-state index is 9.56. The Morgan fingerprint density at radius 1 is 1.25 bits per heavy atom. The maximum Gasteiger partial charge on any atom is 0.133 e. The summed E-state index contributed by atoms with van der Waals surface area (Å²) < 4.78 is 0. The zero-order valence-electron chi connectivity index (χ0n) is 11.0. The molecule has 2 N–H and O–H groups in total. The Bertz CT molecular complexity index is 584. The van der Waals surface area contributed by atoms with Crippen LogP contribution in [0.15, 0.2) is 36.5 Å². The number of hydrogen-bond donors (Lipinski definition) is 2. The lowest BCUT2D eigenvalue weighted by molar-refractivity contribution is 0.276. The molecule has 1 aliphatic carbocycles. The molecule has 0 radical (unpaired) electrons. The minimum absolute atomic E-state index is 0.00953. The molecule has 0 spiro atoms. The van der Waals surface area contributed by atoms with Crippen LogP contribution in [0.2, 0.25) is 5.02 Å². The molecule has 1 unspecified atom stereocenters. The molecule has 1 aromatic carbocycles. The second-order valence-electron chi connectivity index (χ2n) is 5.01. The molecule has 1 heterocycles. The normalized spacial score (nSPS) is 15.9. The monoisotopic (exact) mass is 289 g/mol. The summed E-state index contributed by atoms with van der Waals surface area (Å²) >= 11 is 5.88. The van der Waals surface area contributed by atoms with Crippen LogP contribution in [0.5, 0.6) is 0 Å². The molecular weight excluding hydrogens is 274 g/mol. The van der Waals surface area contributed by atoms with Gasteiger partial charge in [0.25, 0.3) is 0 Å². The van der Waals surface area contributed by atoms with Crippen molar-refractivity contribution < 1.29 is 5.11 Å². The van der Waals surface area contributed by atoms with E-state index in [0.717, 1.165) is 17.2 Å². The van der Waals surface area contributed by atoms with Crippen molar-refractivity contribution in [3.63, 3.8) is 0 Å². The average molecular weight is 290 g/mol. The second-order valence-corrected chi connectivity index (χ2v) is 5.44. The van der Waals surface area contributed by atoms with Gasteiger partial charge in [0.15, 0.2) is 0 Å². The Balaban J connectivity index is 1.77. The van der Waals surface area contributed by atoms with Crippen molar-refractivity contribution in [2.24, 2.45) is 0 Å². The van der Waals surface area contributed by atoms with Gasteiger partial charge >= 0.3 is 0 Å². The van der Waals surface area contributed by atoms with Crippen LogP contribution in [-0.2, 0) is 0 Å². The summed E-state index contributed by atoms with van der Waals surface area (Å²) in [5.74, 6) is 2.15. The summed E-state index contributed by atoms with van der Waals surface area (Å²) in [5, 5.41) is 13.5. The number of halogens is 1. The highest BCUT2D eigenvalue weighted by Gasteiger charge is 2.26. The van der Waals surface area contributed by atoms with Crippen LogP contribution in [0.1, 0.15) is 36.2 Å². The number of nitrogens with zero attached hydrogens (tertiary/aromatic N) is 2. The first kappa shape index (κ1) is 13.3. The molecule has 4 nitrogen and oxygen atoms in total. The van der Waals surface area contributed by atoms with Crippen LogP contribution >= 0.6 is 11.6 Å². The topological polar surface area (TPSA) is 58.0 Å². The van der Waals surface area contributed by atoms with Gasteiger partial charge in [-0.3, -0.25) is 0 Å². The molecule has 1 saturated carbocycles. The first-order valence-corrected chi connectivity index (χ1v) is 7.10. The van der Waals surface area contributed by atoms with Crippen molar-refractivity contribution >= 4 is 17.4 Å². The zero-order valence-corrected chi connectivity index (χ0v) is 11.7. The van der Waals surface area contributed by atoms with E-state index in [1.54, 1.807) is 6.20 Å². The molecule has 0 bridgehead atoms. The third-order valence-electron chi connectivity index (χ3n) is 3.39. The van der Waals surface area contributed by atoms with Crippen LogP contribution < -0.4 is 5.32 Å². The van der Waals surface area contributed by atoms with Crippen molar-refractivity contribution in [2.45, 2.75) is 24.8 Å². The molecule has 1 fully saturated rings. The predicted octanol–water partition coefficient (Wildman–Crippen LogP) is 3.15. The maximum atomic E-state index is 9.56. The molecule has 0 aliphatic heterocycles. The van der Waals surface area contributed by atoms with Gasteiger partial charge in [-0.2, -0.15) is 0 Å². The highest BCUT2D eigenvalue weighted by atomic mass is 35.5. The van der Waals surface area contributed by atoms with Gasteiger partial charge in [-0.25, -0.2) is 9.97 Å². The first-order valence-electron chi connectivity index (χ1n) is 6.72. The average Bonchev–Trinajstić information content (AvgIpc) is 3.31. The van der Waals surface area contributed by atoms with E-state index in [2.05, 4.69) is 15.3 Å². The summed E-state index contributed by atoms with van der Waals surface area (Å²) in [5.41, 5.74) is 0.975. The lowest BCUT2D eigenvalue weighted by Crippen LogP contribution is -2.16. The second kappa shape index (κ2) is 5.77. The summed E-state index contributed by atoms with van der Waals surface area (Å²) in [7, 11) is 0. The minimum Gasteiger partial charge on any atom is -0.394 e. The third-order valence-corrected chi connectivity index (χ3v) is 3.65. The van der Waals surface area contributed by atoms with Crippen LogP contribution in [0.4, 0.5) is 5.82 Å². The van der Waals surface area contributed by atoms with Gasteiger partial charge in [0.1, 0.15) is 11.6 Å². The van der Waals surface area contributed by atoms with Gasteiger partial charge in [0.2, 0.25) is 0 Å². The number of nitrogens with one attached hydrogen (secondary N) is 1. The molecule has 0 saturated heterocycles. The molecule has 1 aromatic heterocycles. The van der Waals surface area contributed by atoms with Crippen molar-refractivity contribution in [3.8, 4) is 0 Å². The van der Waals surface area contributed by atoms with E-state index in [0.29, 0.717) is 10.9 Å². The Morgan fingerprint density at radius 3 is 2.65 bits per heavy atom. The number of rotatable bonds is 5. The predicted molar refractivity (Wildman–Crippen MR) is 78.9 cm³/mol. The number of hydrogen-bond acceptors (Lipinski definition) is 4. The van der Waals surface area contributed by atoms with Gasteiger partial charge < -0.3 is 10.4 Å². The SMILES string of the molecule is OCC(Nc1ccnc(C2CC2)n1)c1ccc(Cl)cc1. The van der Waals surface area contributed by atoms with E-state index in [1.165, 1.54) is 12.8 Å².